The number of benzene rings is 1. The zero-order valence-electron chi connectivity index (χ0n) is 13.7. The van der Waals surface area contributed by atoms with E-state index < -0.39 is 17.7 Å². The van der Waals surface area contributed by atoms with E-state index >= 15 is 0 Å². The second-order valence-electron chi connectivity index (χ2n) is 6.97. The van der Waals surface area contributed by atoms with Gasteiger partial charge in [-0.2, -0.15) is 0 Å². The Kier molecular flexibility index (Phi) is 4.55. The molecular weight excluding hydrogens is 306 g/mol. The van der Waals surface area contributed by atoms with Gasteiger partial charge in [-0.1, -0.05) is 18.6 Å². The SMILES string of the molecule is CC(NC(=O)C(=O)NC(=O)c1ccccc1N)C1CC2CCC1C2. The van der Waals surface area contributed by atoms with Gasteiger partial charge in [0.2, 0.25) is 0 Å². The van der Waals surface area contributed by atoms with Gasteiger partial charge in [0.05, 0.1) is 5.56 Å². The third kappa shape index (κ3) is 3.27. The summed E-state index contributed by atoms with van der Waals surface area (Å²) in [7, 11) is 0. The van der Waals surface area contributed by atoms with Crippen LogP contribution in [0.25, 0.3) is 0 Å². The van der Waals surface area contributed by atoms with Gasteiger partial charge >= 0.3 is 11.8 Å². The number of fused-ring (bicyclic) bond motifs is 2. The van der Waals surface area contributed by atoms with Gasteiger partial charge in [0.25, 0.3) is 5.91 Å². The van der Waals surface area contributed by atoms with E-state index in [1.165, 1.54) is 25.3 Å². The van der Waals surface area contributed by atoms with Crippen molar-refractivity contribution in [2.45, 2.75) is 38.6 Å². The molecule has 6 nitrogen and oxygen atoms in total. The topological polar surface area (TPSA) is 101 Å². The minimum absolute atomic E-state index is 0.0598. The molecule has 6 heteroatoms. The van der Waals surface area contributed by atoms with Crippen molar-refractivity contribution < 1.29 is 14.4 Å². The number of carbonyl (C=O) groups is 3. The molecule has 0 aliphatic heterocycles. The maximum atomic E-state index is 12.1. The average molecular weight is 329 g/mol. The lowest BCUT2D eigenvalue weighted by Crippen LogP contribution is -2.48. The van der Waals surface area contributed by atoms with Crippen molar-refractivity contribution in [2.75, 3.05) is 5.73 Å². The van der Waals surface area contributed by atoms with Crippen LogP contribution in [0.5, 0.6) is 0 Å². The minimum Gasteiger partial charge on any atom is -0.398 e. The number of hydrogen-bond donors (Lipinski definition) is 3. The number of rotatable bonds is 3. The molecule has 4 unspecified atom stereocenters. The molecule has 2 fully saturated rings. The van der Waals surface area contributed by atoms with E-state index in [1.54, 1.807) is 18.2 Å². The van der Waals surface area contributed by atoms with Crippen LogP contribution in [-0.4, -0.2) is 23.8 Å². The number of nitrogens with two attached hydrogens (primary N) is 1. The standard InChI is InChI=1S/C18H23N3O3/c1-10(14-9-11-6-7-12(14)8-11)20-17(23)18(24)21-16(22)13-4-2-3-5-15(13)19/h2-5,10-12,14H,6-9,19H2,1H3,(H,20,23)(H,21,22,24). The van der Waals surface area contributed by atoms with Gasteiger partial charge in [-0.3, -0.25) is 19.7 Å². The van der Waals surface area contributed by atoms with Crippen molar-refractivity contribution in [3.05, 3.63) is 29.8 Å². The first kappa shape index (κ1) is 16.5. The van der Waals surface area contributed by atoms with Crippen molar-refractivity contribution in [1.29, 1.82) is 0 Å². The Balaban J connectivity index is 1.54. The van der Waals surface area contributed by atoms with E-state index in [-0.39, 0.29) is 17.3 Å². The second kappa shape index (κ2) is 6.63. The van der Waals surface area contributed by atoms with Crippen LogP contribution in [-0.2, 0) is 9.59 Å². The Bertz CT molecular complexity index is 673. The van der Waals surface area contributed by atoms with Gasteiger partial charge in [0, 0.05) is 11.7 Å². The van der Waals surface area contributed by atoms with E-state index in [0.29, 0.717) is 11.8 Å². The van der Waals surface area contributed by atoms with E-state index in [1.807, 2.05) is 6.92 Å². The van der Waals surface area contributed by atoms with Crippen molar-refractivity contribution in [1.82, 2.24) is 10.6 Å². The van der Waals surface area contributed by atoms with E-state index in [2.05, 4.69) is 10.6 Å². The van der Waals surface area contributed by atoms with Gasteiger partial charge in [0.1, 0.15) is 0 Å². The molecule has 0 radical (unpaired) electrons. The summed E-state index contributed by atoms with van der Waals surface area (Å²) in [6, 6.07) is 6.35. The predicted octanol–water partition coefficient (Wildman–Crippen LogP) is 1.47. The number of nitrogens with one attached hydrogen (secondary N) is 2. The maximum absolute atomic E-state index is 12.1. The molecule has 4 N–H and O–H groups in total. The highest BCUT2D eigenvalue weighted by Crippen LogP contribution is 2.49. The molecule has 2 aliphatic carbocycles. The molecule has 2 aliphatic rings. The third-order valence-electron chi connectivity index (χ3n) is 5.43. The Morgan fingerprint density at radius 3 is 2.50 bits per heavy atom. The molecule has 1 aromatic carbocycles. The maximum Gasteiger partial charge on any atom is 0.316 e. The minimum atomic E-state index is -0.946. The summed E-state index contributed by atoms with van der Waals surface area (Å²) in [5.74, 6) is -0.525. The molecule has 128 valence electrons. The largest absolute Gasteiger partial charge is 0.398 e. The number of anilines is 1. The number of nitrogen functional groups attached to an aromatic ring is 1. The molecule has 0 spiro atoms. The summed E-state index contributed by atoms with van der Waals surface area (Å²) in [6.07, 6.45) is 4.86. The molecule has 24 heavy (non-hydrogen) atoms. The first-order valence-electron chi connectivity index (χ1n) is 8.46. The molecular formula is C18H23N3O3. The molecule has 0 heterocycles. The predicted molar refractivity (Wildman–Crippen MR) is 89.9 cm³/mol. The Morgan fingerprint density at radius 1 is 1.12 bits per heavy atom. The number of hydrogen-bond acceptors (Lipinski definition) is 4. The molecule has 3 amide bonds. The fourth-order valence-corrected chi connectivity index (χ4v) is 4.22. The first-order chi connectivity index (χ1) is 11.5. The van der Waals surface area contributed by atoms with Crippen LogP contribution in [0.15, 0.2) is 24.3 Å². The lowest BCUT2D eigenvalue weighted by molar-refractivity contribution is -0.139. The Hall–Kier alpha value is -2.37. The summed E-state index contributed by atoms with van der Waals surface area (Å²) < 4.78 is 0. The molecule has 2 saturated carbocycles. The third-order valence-corrected chi connectivity index (χ3v) is 5.43. The Morgan fingerprint density at radius 2 is 1.88 bits per heavy atom. The van der Waals surface area contributed by atoms with Crippen LogP contribution in [0.2, 0.25) is 0 Å². The number of imide groups is 1. The second-order valence-corrected chi connectivity index (χ2v) is 6.97. The quantitative estimate of drug-likeness (QED) is 0.577. The summed E-state index contributed by atoms with van der Waals surface area (Å²) in [4.78, 5) is 36.1. The van der Waals surface area contributed by atoms with Crippen molar-refractivity contribution in [3.8, 4) is 0 Å². The normalized spacial score (nSPS) is 26.0. The highest BCUT2D eigenvalue weighted by Gasteiger charge is 2.42. The van der Waals surface area contributed by atoms with Gasteiger partial charge in [0.15, 0.2) is 0 Å². The van der Waals surface area contributed by atoms with Crippen molar-refractivity contribution in [2.24, 2.45) is 17.8 Å². The fraction of sp³-hybridized carbons (Fsp3) is 0.500. The number of carbonyl (C=O) groups excluding carboxylic acids is 3. The van der Waals surface area contributed by atoms with E-state index in [9.17, 15) is 14.4 Å². The van der Waals surface area contributed by atoms with Crippen LogP contribution in [0.1, 0.15) is 43.0 Å². The van der Waals surface area contributed by atoms with E-state index in [4.69, 9.17) is 5.73 Å². The number of amides is 3. The van der Waals surface area contributed by atoms with Crippen molar-refractivity contribution >= 4 is 23.4 Å². The van der Waals surface area contributed by atoms with Crippen LogP contribution >= 0.6 is 0 Å². The monoisotopic (exact) mass is 329 g/mol. The summed E-state index contributed by atoms with van der Waals surface area (Å²) in [6.45, 7) is 1.94. The molecule has 0 aromatic heterocycles. The molecule has 1 aromatic rings. The van der Waals surface area contributed by atoms with Gasteiger partial charge in [-0.05, 0) is 56.1 Å². The first-order valence-corrected chi connectivity index (χ1v) is 8.46. The smallest absolute Gasteiger partial charge is 0.316 e. The van der Waals surface area contributed by atoms with Crippen molar-refractivity contribution in [3.63, 3.8) is 0 Å². The van der Waals surface area contributed by atoms with Gasteiger partial charge in [-0.15, -0.1) is 0 Å². The fourth-order valence-electron chi connectivity index (χ4n) is 4.22. The Labute approximate surface area is 141 Å². The summed E-state index contributed by atoms with van der Waals surface area (Å²) >= 11 is 0. The van der Waals surface area contributed by atoms with Gasteiger partial charge in [-0.25, -0.2) is 0 Å². The lowest BCUT2D eigenvalue weighted by Gasteiger charge is -2.28. The molecule has 2 bridgehead atoms. The molecule has 3 rings (SSSR count). The van der Waals surface area contributed by atoms with E-state index in [0.717, 1.165) is 12.3 Å². The highest BCUT2D eigenvalue weighted by atomic mass is 16.2. The zero-order valence-corrected chi connectivity index (χ0v) is 13.7. The average Bonchev–Trinajstić information content (AvgIpc) is 3.18. The lowest BCUT2D eigenvalue weighted by atomic mass is 9.84. The highest BCUT2D eigenvalue weighted by molar-refractivity contribution is 6.38. The molecule has 0 saturated heterocycles. The molecule has 4 atom stereocenters. The van der Waals surface area contributed by atoms with Gasteiger partial charge < -0.3 is 11.1 Å². The summed E-state index contributed by atoms with van der Waals surface area (Å²) in [5, 5.41) is 4.84. The van der Waals surface area contributed by atoms with Crippen LogP contribution in [0.4, 0.5) is 5.69 Å². The summed E-state index contributed by atoms with van der Waals surface area (Å²) in [5.41, 5.74) is 6.14. The van der Waals surface area contributed by atoms with Crippen LogP contribution in [0.3, 0.4) is 0 Å². The number of para-hydroxylation sites is 1. The van der Waals surface area contributed by atoms with Crippen LogP contribution < -0.4 is 16.4 Å². The van der Waals surface area contributed by atoms with Crippen LogP contribution in [0, 0.1) is 17.8 Å². The zero-order chi connectivity index (χ0) is 17.3.